The van der Waals surface area contributed by atoms with Crippen LogP contribution in [0.2, 0.25) is 0 Å². The molecule has 0 aliphatic carbocycles. The fraction of sp³-hybridized carbons (Fsp3) is 0.474. The van der Waals surface area contributed by atoms with Gasteiger partial charge in [0.1, 0.15) is 6.61 Å². The quantitative estimate of drug-likeness (QED) is 0.811. The zero-order valence-electron chi connectivity index (χ0n) is 13.8. The first-order valence-corrected chi connectivity index (χ1v) is 8.27. The van der Waals surface area contributed by atoms with Crippen molar-refractivity contribution in [1.82, 2.24) is 4.98 Å². The molecule has 2 heterocycles. The van der Waals surface area contributed by atoms with Crippen molar-refractivity contribution in [2.24, 2.45) is 0 Å². The lowest BCUT2D eigenvalue weighted by atomic mass is 10.00. The van der Waals surface area contributed by atoms with E-state index in [1.54, 1.807) is 0 Å². The Balaban J connectivity index is 1.69. The van der Waals surface area contributed by atoms with Gasteiger partial charge < -0.3 is 9.47 Å². The minimum absolute atomic E-state index is 0.0598. The fourth-order valence-corrected chi connectivity index (χ4v) is 3.15. The maximum atomic E-state index is 12.2. The SMILES string of the molecule is Cc1nc2ccccc2c(C)c1CC(=O)OCC1CCCCO1. The van der Waals surface area contributed by atoms with Gasteiger partial charge in [0.2, 0.25) is 0 Å². The lowest BCUT2D eigenvalue weighted by Gasteiger charge is -2.22. The summed E-state index contributed by atoms with van der Waals surface area (Å²) in [7, 11) is 0. The van der Waals surface area contributed by atoms with Gasteiger partial charge >= 0.3 is 5.97 Å². The molecule has 1 aliphatic heterocycles. The molecule has 4 nitrogen and oxygen atoms in total. The molecule has 0 saturated carbocycles. The average Bonchev–Trinajstić information content (AvgIpc) is 2.58. The van der Waals surface area contributed by atoms with Crippen LogP contribution in [0.25, 0.3) is 10.9 Å². The molecule has 0 spiro atoms. The monoisotopic (exact) mass is 313 g/mol. The maximum Gasteiger partial charge on any atom is 0.310 e. The van der Waals surface area contributed by atoms with Gasteiger partial charge in [-0.25, -0.2) is 0 Å². The van der Waals surface area contributed by atoms with Crippen LogP contribution >= 0.6 is 0 Å². The van der Waals surface area contributed by atoms with E-state index in [2.05, 4.69) is 4.98 Å². The smallest absolute Gasteiger partial charge is 0.310 e. The van der Waals surface area contributed by atoms with Gasteiger partial charge in [-0.2, -0.15) is 0 Å². The van der Waals surface area contributed by atoms with Crippen molar-refractivity contribution in [2.75, 3.05) is 13.2 Å². The van der Waals surface area contributed by atoms with Crippen molar-refractivity contribution in [3.8, 4) is 0 Å². The molecule has 2 aromatic rings. The Bertz CT molecular complexity index is 705. The minimum atomic E-state index is -0.206. The van der Waals surface area contributed by atoms with Crippen molar-refractivity contribution in [3.05, 3.63) is 41.1 Å². The van der Waals surface area contributed by atoms with Crippen LogP contribution in [-0.4, -0.2) is 30.3 Å². The van der Waals surface area contributed by atoms with E-state index in [0.717, 1.165) is 53.6 Å². The van der Waals surface area contributed by atoms with Gasteiger partial charge in [0.25, 0.3) is 0 Å². The molecule has 1 atom stereocenters. The first-order chi connectivity index (χ1) is 11.1. The second kappa shape index (κ2) is 7.09. The van der Waals surface area contributed by atoms with Gasteiger partial charge in [-0.05, 0) is 50.3 Å². The van der Waals surface area contributed by atoms with E-state index in [-0.39, 0.29) is 18.5 Å². The highest BCUT2D eigenvalue weighted by Crippen LogP contribution is 2.23. The Morgan fingerprint density at radius 1 is 1.30 bits per heavy atom. The molecule has 0 amide bonds. The number of para-hydroxylation sites is 1. The topological polar surface area (TPSA) is 48.4 Å². The Morgan fingerprint density at radius 3 is 2.91 bits per heavy atom. The fourth-order valence-electron chi connectivity index (χ4n) is 3.15. The van der Waals surface area contributed by atoms with Crippen LogP contribution in [0.4, 0.5) is 0 Å². The highest BCUT2D eigenvalue weighted by Gasteiger charge is 2.18. The zero-order chi connectivity index (χ0) is 16.2. The molecule has 0 bridgehead atoms. The van der Waals surface area contributed by atoms with Crippen LogP contribution in [0.15, 0.2) is 24.3 Å². The molecule has 1 aromatic heterocycles. The van der Waals surface area contributed by atoms with Gasteiger partial charge in [0.15, 0.2) is 0 Å². The number of nitrogens with zero attached hydrogens (tertiary/aromatic N) is 1. The first kappa shape index (κ1) is 15.9. The third kappa shape index (κ3) is 3.70. The van der Waals surface area contributed by atoms with Crippen LogP contribution in [0.3, 0.4) is 0 Å². The largest absolute Gasteiger partial charge is 0.463 e. The number of esters is 1. The number of fused-ring (bicyclic) bond motifs is 1. The van der Waals surface area contributed by atoms with Gasteiger partial charge in [0, 0.05) is 17.7 Å². The first-order valence-electron chi connectivity index (χ1n) is 8.27. The van der Waals surface area contributed by atoms with Crippen molar-refractivity contribution < 1.29 is 14.3 Å². The number of hydrogen-bond donors (Lipinski definition) is 0. The standard InChI is InChI=1S/C19H23NO3/c1-13-16-8-3-4-9-18(16)20-14(2)17(13)11-19(21)23-12-15-7-5-6-10-22-15/h3-4,8-9,15H,5-7,10-12H2,1-2H3. The van der Waals surface area contributed by atoms with Crippen molar-refractivity contribution in [3.63, 3.8) is 0 Å². The molecule has 1 fully saturated rings. The Morgan fingerprint density at radius 2 is 2.13 bits per heavy atom. The van der Waals surface area contributed by atoms with Crippen molar-refractivity contribution >= 4 is 16.9 Å². The predicted molar refractivity (Wildman–Crippen MR) is 89.5 cm³/mol. The Kier molecular flexibility index (Phi) is 4.91. The van der Waals surface area contributed by atoms with Crippen LogP contribution < -0.4 is 0 Å². The third-order valence-electron chi connectivity index (χ3n) is 4.51. The number of ether oxygens (including phenoxy) is 2. The number of benzene rings is 1. The molecule has 4 heteroatoms. The van der Waals surface area contributed by atoms with E-state index in [4.69, 9.17) is 9.47 Å². The lowest BCUT2D eigenvalue weighted by Crippen LogP contribution is -2.26. The van der Waals surface area contributed by atoms with Crippen LogP contribution in [0.1, 0.15) is 36.1 Å². The molecule has 1 aromatic carbocycles. The molecule has 1 aliphatic rings. The van der Waals surface area contributed by atoms with Crippen LogP contribution in [0, 0.1) is 13.8 Å². The van der Waals surface area contributed by atoms with Gasteiger partial charge in [-0.1, -0.05) is 18.2 Å². The summed E-state index contributed by atoms with van der Waals surface area (Å²) in [6.07, 6.45) is 3.55. The second-order valence-corrected chi connectivity index (χ2v) is 6.17. The summed E-state index contributed by atoms with van der Waals surface area (Å²) in [5.74, 6) is -0.206. The molecule has 3 rings (SSSR count). The van der Waals surface area contributed by atoms with Gasteiger partial charge in [0.05, 0.1) is 18.0 Å². The molecule has 0 radical (unpaired) electrons. The maximum absolute atomic E-state index is 12.2. The summed E-state index contributed by atoms with van der Waals surface area (Å²) in [5, 5.41) is 1.09. The number of rotatable bonds is 4. The van der Waals surface area contributed by atoms with Gasteiger partial charge in [-0.3, -0.25) is 9.78 Å². The Labute approximate surface area is 136 Å². The molecular formula is C19H23NO3. The number of pyridine rings is 1. The predicted octanol–water partition coefficient (Wildman–Crippen LogP) is 3.51. The summed E-state index contributed by atoms with van der Waals surface area (Å²) in [6.45, 7) is 5.13. The Hall–Kier alpha value is -1.94. The number of carbonyl (C=O) groups excluding carboxylic acids is 1. The lowest BCUT2D eigenvalue weighted by molar-refractivity contribution is -0.148. The molecule has 0 N–H and O–H groups in total. The summed E-state index contributed by atoms with van der Waals surface area (Å²) in [5.41, 5.74) is 3.94. The zero-order valence-corrected chi connectivity index (χ0v) is 13.8. The van der Waals surface area contributed by atoms with Crippen molar-refractivity contribution in [2.45, 2.75) is 45.6 Å². The van der Waals surface area contributed by atoms with E-state index in [0.29, 0.717) is 6.61 Å². The van der Waals surface area contributed by atoms with Gasteiger partial charge in [-0.15, -0.1) is 0 Å². The average molecular weight is 313 g/mol. The summed E-state index contributed by atoms with van der Waals surface area (Å²) >= 11 is 0. The summed E-state index contributed by atoms with van der Waals surface area (Å²) < 4.78 is 11.0. The number of hydrogen-bond acceptors (Lipinski definition) is 4. The van der Waals surface area contributed by atoms with E-state index in [9.17, 15) is 4.79 Å². The summed E-state index contributed by atoms with van der Waals surface area (Å²) in [4.78, 5) is 16.8. The minimum Gasteiger partial charge on any atom is -0.463 e. The van der Waals surface area contributed by atoms with Crippen molar-refractivity contribution in [1.29, 1.82) is 0 Å². The van der Waals surface area contributed by atoms with E-state index in [1.807, 2.05) is 38.1 Å². The molecule has 23 heavy (non-hydrogen) atoms. The van der Waals surface area contributed by atoms with Crippen LogP contribution in [0.5, 0.6) is 0 Å². The highest BCUT2D eigenvalue weighted by atomic mass is 16.6. The van der Waals surface area contributed by atoms with E-state index in [1.165, 1.54) is 0 Å². The molecule has 1 saturated heterocycles. The summed E-state index contributed by atoms with van der Waals surface area (Å²) in [6, 6.07) is 8.01. The van der Waals surface area contributed by atoms with E-state index >= 15 is 0 Å². The second-order valence-electron chi connectivity index (χ2n) is 6.17. The number of aryl methyl sites for hydroxylation is 2. The number of aromatic nitrogens is 1. The highest BCUT2D eigenvalue weighted by molar-refractivity contribution is 5.85. The normalized spacial score (nSPS) is 18.1. The number of carbonyl (C=O) groups is 1. The molecule has 122 valence electrons. The van der Waals surface area contributed by atoms with Crippen LogP contribution in [-0.2, 0) is 20.7 Å². The third-order valence-corrected chi connectivity index (χ3v) is 4.51. The van der Waals surface area contributed by atoms with E-state index < -0.39 is 0 Å². The molecular weight excluding hydrogens is 290 g/mol. The molecule has 1 unspecified atom stereocenters.